The van der Waals surface area contributed by atoms with Crippen molar-refractivity contribution in [2.45, 2.75) is 40.0 Å². The molecule has 78 valence electrons. The first-order valence-electron chi connectivity index (χ1n) is 4.97. The van der Waals surface area contributed by atoms with Crippen LogP contribution in [0.15, 0.2) is 0 Å². The summed E-state index contributed by atoms with van der Waals surface area (Å²) >= 11 is 0. The molecular weight excluding hydrogens is 180 g/mol. The highest BCUT2D eigenvalue weighted by atomic mass is 16.2. The van der Waals surface area contributed by atoms with Crippen LogP contribution < -0.4 is 0 Å². The maximum atomic E-state index is 11.7. The lowest BCUT2D eigenvalue weighted by molar-refractivity contribution is -0.150. The molecule has 1 aliphatic rings. The van der Waals surface area contributed by atoms with Gasteiger partial charge in [-0.1, -0.05) is 6.92 Å². The number of hydrogen-bond donors (Lipinski definition) is 0. The molecule has 0 N–H and O–H groups in total. The second-order valence-electron chi connectivity index (χ2n) is 4.23. The first-order valence-corrected chi connectivity index (χ1v) is 4.97. The molecule has 3 heteroatoms. The minimum atomic E-state index is -1.05. The lowest BCUT2D eigenvalue weighted by Crippen LogP contribution is -2.47. The molecule has 0 heterocycles. The van der Waals surface area contributed by atoms with Crippen molar-refractivity contribution in [2.24, 2.45) is 11.3 Å². The minimum Gasteiger partial charge on any atom is -0.300 e. The van der Waals surface area contributed by atoms with Crippen LogP contribution in [0, 0.1) is 11.3 Å². The predicted octanol–water partition coefficient (Wildman–Crippen LogP) is 1.54. The van der Waals surface area contributed by atoms with Crippen molar-refractivity contribution in [3.8, 4) is 0 Å². The van der Waals surface area contributed by atoms with Crippen LogP contribution in [0.3, 0.4) is 0 Å². The standard InChI is InChI=1S/C11H16O3/c1-7(8(2)12)11(3)9(13)5-4-6-10(11)14/h7H,4-6H2,1-3H3. The summed E-state index contributed by atoms with van der Waals surface area (Å²) in [6.45, 7) is 4.72. The highest BCUT2D eigenvalue weighted by molar-refractivity contribution is 6.11. The number of ketones is 3. The Morgan fingerprint density at radius 3 is 2.07 bits per heavy atom. The lowest BCUT2D eigenvalue weighted by Gasteiger charge is -2.34. The molecule has 0 spiro atoms. The average Bonchev–Trinajstić information content (AvgIpc) is 2.12. The normalized spacial score (nSPS) is 23.4. The van der Waals surface area contributed by atoms with E-state index in [-0.39, 0.29) is 17.3 Å². The van der Waals surface area contributed by atoms with Gasteiger partial charge in [0, 0.05) is 18.8 Å². The monoisotopic (exact) mass is 196 g/mol. The summed E-state index contributed by atoms with van der Waals surface area (Å²) < 4.78 is 0. The lowest BCUT2D eigenvalue weighted by atomic mass is 9.65. The number of carbonyl (C=O) groups is 3. The molecule has 14 heavy (non-hydrogen) atoms. The van der Waals surface area contributed by atoms with E-state index in [9.17, 15) is 14.4 Å². The van der Waals surface area contributed by atoms with Crippen LogP contribution in [-0.2, 0) is 14.4 Å². The van der Waals surface area contributed by atoms with Gasteiger partial charge < -0.3 is 0 Å². The molecule has 0 aliphatic heterocycles. The minimum absolute atomic E-state index is 0.0727. The fraction of sp³-hybridized carbons (Fsp3) is 0.727. The quantitative estimate of drug-likeness (QED) is 0.629. The van der Waals surface area contributed by atoms with E-state index >= 15 is 0 Å². The Labute approximate surface area is 83.9 Å². The van der Waals surface area contributed by atoms with E-state index in [4.69, 9.17) is 0 Å². The van der Waals surface area contributed by atoms with Gasteiger partial charge >= 0.3 is 0 Å². The van der Waals surface area contributed by atoms with Gasteiger partial charge in [0.2, 0.25) is 0 Å². The molecule has 1 atom stereocenters. The van der Waals surface area contributed by atoms with Gasteiger partial charge in [0.25, 0.3) is 0 Å². The third-order valence-corrected chi connectivity index (χ3v) is 3.44. The third-order valence-electron chi connectivity index (χ3n) is 3.44. The van der Waals surface area contributed by atoms with Crippen LogP contribution in [-0.4, -0.2) is 17.3 Å². The van der Waals surface area contributed by atoms with E-state index in [1.165, 1.54) is 6.92 Å². The van der Waals surface area contributed by atoms with Crippen LogP contribution in [0.1, 0.15) is 40.0 Å². The first-order chi connectivity index (χ1) is 6.40. The summed E-state index contributed by atoms with van der Waals surface area (Å²) in [5.41, 5.74) is -1.05. The van der Waals surface area contributed by atoms with Crippen molar-refractivity contribution in [1.29, 1.82) is 0 Å². The van der Waals surface area contributed by atoms with Gasteiger partial charge in [0.15, 0.2) is 0 Å². The van der Waals surface area contributed by atoms with Crippen LogP contribution in [0.25, 0.3) is 0 Å². The fourth-order valence-corrected chi connectivity index (χ4v) is 1.97. The van der Waals surface area contributed by atoms with Crippen LogP contribution in [0.5, 0.6) is 0 Å². The molecule has 0 saturated heterocycles. The summed E-state index contributed by atoms with van der Waals surface area (Å²) in [6.07, 6.45) is 1.50. The zero-order valence-electron chi connectivity index (χ0n) is 8.92. The molecule has 1 unspecified atom stereocenters. The smallest absolute Gasteiger partial charge is 0.146 e. The number of hydrogen-bond acceptors (Lipinski definition) is 3. The third kappa shape index (κ3) is 1.51. The molecule has 0 radical (unpaired) electrons. The zero-order valence-corrected chi connectivity index (χ0v) is 8.92. The van der Waals surface area contributed by atoms with Crippen molar-refractivity contribution in [3.05, 3.63) is 0 Å². The van der Waals surface area contributed by atoms with Crippen molar-refractivity contribution < 1.29 is 14.4 Å². The molecule has 0 amide bonds. The van der Waals surface area contributed by atoms with Crippen LogP contribution in [0.2, 0.25) is 0 Å². The second-order valence-corrected chi connectivity index (χ2v) is 4.23. The summed E-state index contributed by atoms with van der Waals surface area (Å²) in [7, 11) is 0. The maximum Gasteiger partial charge on any atom is 0.146 e. The predicted molar refractivity (Wildman–Crippen MR) is 51.8 cm³/mol. The Morgan fingerprint density at radius 2 is 1.71 bits per heavy atom. The summed E-state index contributed by atoms with van der Waals surface area (Å²) in [5, 5.41) is 0. The molecule has 0 aromatic carbocycles. The average molecular weight is 196 g/mol. The molecule has 1 aliphatic carbocycles. The molecule has 1 saturated carbocycles. The van der Waals surface area contributed by atoms with Gasteiger partial charge in [-0.15, -0.1) is 0 Å². The second kappa shape index (κ2) is 3.64. The van der Waals surface area contributed by atoms with Gasteiger partial charge in [-0.25, -0.2) is 0 Å². The van der Waals surface area contributed by atoms with E-state index in [0.717, 1.165) is 0 Å². The van der Waals surface area contributed by atoms with Crippen molar-refractivity contribution in [2.75, 3.05) is 0 Å². The van der Waals surface area contributed by atoms with Gasteiger partial charge in [-0.3, -0.25) is 14.4 Å². The Bertz CT molecular complexity index is 275. The molecule has 3 nitrogen and oxygen atoms in total. The first kappa shape index (κ1) is 11.1. The number of carbonyl (C=O) groups excluding carboxylic acids is 3. The Morgan fingerprint density at radius 1 is 1.29 bits per heavy atom. The van der Waals surface area contributed by atoms with Crippen LogP contribution in [0.4, 0.5) is 0 Å². The largest absolute Gasteiger partial charge is 0.300 e. The molecule has 1 rings (SSSR count). The van der Waals surface area contributed by atoms with Gasteiger partial charge in [-0.2, -0.15) is 0 Å². The molecular formula is C11H16O3. The SMILES string of the molecule is CC(=O)C(C)C1(C)C(=O)CCCC1=O. The summed E-state index contributed by atoms with van der Waals surface area (Å²) in [5.74, 6) is -0.716. The fourth-order valence-electron chi connectivity index (χ4n) is 1.97. The van der Waals surface area contributed by atoms with Gasteiger partial charge in [0.1, 0.15) is 17.3 Å². The van der Waals surface area contributed by atoms with Crippen LogP contribution >= 0.6 is 0 Å². The highest BCUT2D eigenvalue weighted by Gasteiger charge is 2.48. The van der Waals surface area contributed by atoms with E-state index in [2.05, 4.69) is 0 Å². The molecule has 0 bridgehead atoms. The summed E-state index contributed by atoms with van der Waals surface area (Å²) in [6, 6.07) is 0. The van der Waals surface area contributed by atoms with E-state index in [1.807, 2.05) is 0 Å². The van der Waals surface area contributed by atoms with Crippen molar-refractivity contribution in [3.63, 3.8) is 0 Å². The van der Waals surface area contributed by atoms with Crippen molar-refractivity contribution in [1.82, 2.24) is 0 Å². The summed E-state index contributed by atoms with van der Waals surface area (Å²) in [4.78, 5) is 34.6. The van der Waals surface area contributed by atoms with E-state index in [1.54, 1.807) is 13.8 Å². The Kier molecular flexibility index (Phi) is 2.88. The van der Waals surface area contributed by atoms with Gasteiger partial charge in [0.05, 0.1) is 5.41 Å². The molecule has 0 aromatic heterocycles. The molecule has 1 fully saturated rings. The zero-order chi connectivity index (χ0) is 10.9. The highest BCUT2D eigenvalue weighted by Crippen LogP contribution is 2.37. The molecule has 0 aromatic rings. The Balaban J connectivity index is 3.04. The number of rotatable bonds is 2. The number of Topliss-reactive ketones (excluding diaryl/α,β-unsaturated/α-hetero) is 3. The van der Waals surface area contributed by atoms with Crippen molar-refractivity contribution >= 4 is 17.3 Å². The Hall–Kier alpha value is -0.990. The van der Waals surface area contributed by atoms with Gasteiger partial charge in [-0.05, 0) is 20.3 Å². The van der Waals surface area contributed by atoms with E-state index in [0.29, 0.717) is 19.3 Å². The maximum absolute atomic E-state index is 11.7. The topological polar surface area (TPSA) is 51.2 Å². The van der Waals surface area contributed by atoms with E-state index < -0.39 is 11.3 Å².